The molecular weight excluding hydrogens is 196 g/mol. The van der Waals surface area contributed by atoms with Crippen LogP contribution in [0.1, 0.15) is 12.5 Å². The van der Waals surface area contributed by atoms with Gasteiger partial charge in [0.2, 0.25) is 0 Å². The molecule has 4 heteroatoms. The highest BCUT2D eigenvalue weighted by Gasteiger charge is 2.15. The number of rotatable bonds is 5. The van der Waals surface area contributed by atoms with Gasteiger partial charge in [-0.05, 0) is 18.6 Å². The highest BCUT2D eigenvalue weighted by atomic mass is 16.5. The van der Waals surface area contributed by atoms with Crippen LogP contribution in [0.2, 0.25) is 0 Å². The van der Waals surface area contributed by atoms with E-state index in [-0.39, 0.29) is 6.42 Å². The van der Waals surface area contributed by atoms with E-state index in [4.69, 9.17) is 9.84 Å². The summed E-state index contributed by atoms with van der Waals surface area (Å²) < 4.78 is 5.31. The molecule has 1 aromatic carbocycles. The quantitative estimate of drug-likeness (QED) is 0.763. The van der Waals surface area contributed by atoms with E-state index in [1.807, 2.05) is 13.0 Å². The van der Waals surface area contributed by atoms with Crippen LogP contribution < -0.4 is 4.74 Å². The van der Waals surface area contributed by atoms with Gasteiger partial charge in [-0.3, -0.25) is 0 Å². The Kier molecular flexibility index (Phi) is 4.12. The van der Waals surface area contributed by atoms with Gasteiger partial charge < -0.3 is 14.9 Å². The van der Waals surface area contributed by atoms with E-state index in [0.717, 1.165) is 0 Å². The van der Waals surface area contributed by atoms with E-state index in [1.165, 1.54) is 0 Å². The second kappa shape index (κ2) is 5.36. The lowest BCUT2D eigenvalue weighted by Crippen LogP contribution is -2.22. The molecule has 1 rings (SSSR count). The molecular formula is C11H14O4. The van der Waals surface area contributed by atoms with Crippen molar-refractivity contribution in [1.82, 2.24) is 0 Å². The average Bonchev–Trinajstić information content (AvgIpc) is 2.21. The molecule has 0 saturated heterocycles. The number of benzene rings is 1. The third-order valence-corrected chi connectivity index (χ3v) is 1.97. The van der Waals surface area contributed by atoms with Crippen LogP contribution in [0, 0.1) is 0 Å². The second-order valence-electron chi connectivity index (χ2n) is 3.10. The molecule has 0 saturated carbocycles. The molecule has 0 amide bonds. The normalized spacial score (nSPS) is 12.1. The second-order valence-corrected chi connectivity index (χ2v) is 3.10. The van der Waals surface area contributed by atoms with Crippen LogP contribution >= 0.6 is 0 Å². The van der Waals surface area contributed by atoms with E-state index >= 15 is 0 Å². The Balaban J connectivity index is 2.79. The number of carbonyl (C=O) groups is 1. The van der Waals surface area contributed by atoms with E-state index < -0.39 is 12.1 Å². The van der Waals surface area contributed by atoms with Crippen LogP contribution in [0.3, 0.4) is 0 Å². The maximum Gasteiger partial charge on any atom is 0.332 e. The Morgan fingerprint density at radius 1 is 1.47 bits per heavy atom. The van der Waals surface area contributed by atoms with Crippen molar-refractivity contribution in [2.24, 2.45) is 0 Å². The van der Waals surface area contributed by atoms with Crippen molar-refractivity contribution in [3.63, 3.8) is 0 Å². The molecule has 0 bridgehead atoms. The number of aliphatic carboxylic acids is 1. The van der Waals surface area contributed by atoms with E-state index in [0.29, 0.717) is 17.9 Å². The van der Waals surface area contributed by atoms with Gasteiger partial charge >= 0.3 is 5.97 Å². The van der Waals surface area contributed by atoms with Gasteiger partial charge in [0, 0.05) is 6.42 Å². The van der Waals surface area contributed by atoms with Crippen LogP contribution in [-0.2, 0) is 11.2 Å². The fraction of sp³-hybridized carbons (Fsp3) is 0.364. The summed E-state index contributed by atoms with van der Waals surface area (Å²) in [4.78, 5) is 10.5. The molecule has 0 aliphatic heterocycles. The average molecular weight is 210 g/mol. The van der Waals surface area contributed by atoms with Crippen LogP contribution in [-0.4, -0.2) is 28.9 Å². The van der Waals surface area contributed by atoms with E-state index in [2.05, 4.69) is 0 Å². The fourth-order valence-corrected chi connectivity index (χ4v) is 1.26. The maximum atomic E-state index is 10.5. The largest absolute Gasteiger partial charge is 0.494 e. The predicted octanol–water partition coefficient (Wildman–Crippen LogP) is 1.07. The molecule has 0 aliphatic carbocycles. The minimum atomic E-state index is -1.38. The van der Waals surface area contributed by atoms with Gasteiger partial charge in [-0.2, -0.15) is 0 Å². The zero-order valence-electron chi connectivity index (χ0n) is 8.51. The predicted molar refractivity (Wildman–Crippen MR) is 55.0 cm³/mol. The van der Waals surface area contributed by atoms with Gasteiger partial charge in [0.15, 0.2) is 6.10 Å². The monoisotopic (exact) mass is 210 g/mol. The first-order chi connectivity index (χ1) is 7.15. The van der Waals surface area contributed by atoms with Crippen molar-refractivity contribution in [1.29, 1.82) is 0 Å². The minimum Gasteiger partial charge on any atom is -0.494 e. The number of hydrogen-bond acceptors (Lipinski definition) is 3. The highest BCUT2D eigenvalue weighted by Crippen LogP contribution is 2.19. The van der Waals surface area contributed by atoms with E-state index in [1.54, 1.807) is 18.2 Å². The smallest absolute Gasteiger partial charge is 0.332 e. The third-order valence-electron chi connectivity index (χ3n) is 1.97. The van der Waals surface area contributed by atoms with Crippen molar-refractivity contribution in [3.8, 4) is 5.75 Å². The number of ether oxygens (including phenoxy) is 1. The third kappa shape index (κ3) is 3.25. The Morgan fingerprint density at radius 2 is 2.13 bits per heavy atom. The zero-order chi connectivity index (χ0) is 11.3. The molecule has 4 nitrogen and oxygen atoms in total. The number of aliphatic hydroxyl groups excluding tert-OH is 1. The Hall–Kier alpha value is -1.55. The first-order valence-corrected chi connectivity index (χ1v) is 4.76. The summed E-state index contributed by atoms with van der Waals surface area (Å²) in [6, 6.07) is 7.10. The minimum absolute atomic E-state index is 0.0610. The van der Waals surface area contributed by atoms with Crippen LogP contribution in [0.15, 0.2) is 24.3 Å². The molecule has 1 aromatic rings. The Bertz CT molecular complexity index is 335. The molecule has 2 N–H and O–H groups in total. The van der Waals surface area contributed by atoms with Crippen molar-refractivity contribution in [3.05, 3.63) is 29.8 Å². The molecule has 82 valence electrons. The van der Waals surface area contributed by atoms with Crippen molar-refractivity contribution in [2.75, 3.05) is 6.61 Å². The van der Waals surface area contributed by atoms with Gasteiger partial charge in [-0.15, -0.1) is 0 Å². The zero-order valence-corrected chi connectivity index (χ0v) is 8.51. The van der Waals surface area contributed by atoms with Gasteiger partial charge in [-0.25, -0.2) is 4.79 Å². The lowest BCUT2D eigenvalue weighted by atomic mass is 10.1. The number of carboxylic acids is 1. The molecule has 15 heavy (non-hydrogen) atoms. The molecule has 0 heterocycles. The fourth-order valence-electron chi connectivity index (χ4n) is 1.26. The summed E-state index contributed by atoms with van der Waals surface area (Å²) in [5.41, 5.74) is 0.703. The molecule has 1 unspecified atom stereocenters. The SMILES string of the molecule is CCOc1ccccc1CC(O)C(=O)O. The summed E-state index contributed by atoms with van der Waals surface area (Å²) in [6.45, 7) is 2.37. The summed E-state index contributed by atoms with van der Waals surface area (Å²) in [6.07, 6.45) is -1.32. The van der Waals surface area contributed by atoms with Crippen molar-refractivity contribution >= 4 is 5.97 Å². The first kappa shape index (κ1) is 11.5. The topological polar surface area (TPSA) is 66.8 Å². The molecule has 0 aliphatic rings. The van der Waals surface area contributed by atoms with Gasteiger partial charge in [0.05, 0.1) is 6.61 Å². The molecule has 0 aromatic heterocycles. The Morgan fingerprint density at radius 3 is 2.73 bits per heavy atom. The van der Waals surface area contributed by atoms with Gasteiger partial charge in [-0.1, -0.05) is 18.2 Å². The van der Waals surface area contributed by atoms with E-state index in [9.17, 15) is 9.90 Å². The lowest BCUT2D eigenvalue weighted by Gasteiger charge is -2.11. The number of hydrogen-bond donors (Lipinski definition) is 2. The number of carboxylic acid groups (broad SMARTS) is 1. The number of para-hydroxylation sites is 1. The van der Waals surface area contributed by atoms with Crippen LogP contribution in [0.4, 0.5) is 0 Å². The lowest BCUT2D eigenvalue weighted by molar-refractivity contribution is -0.146. The van der Waals surface area contributed by atoms with Crippen LogP contribution in [0.5, 0.6) is 5.75 Å². The molecule has 0 spiro atoms. The molecule has 1 atom stereocenters. The summed E-state index contributed by atoms with van der Waals surface area (Å²) in [5.74, 6) is -0.596. The molecule has 0 fully saturated rings. The summed E-state index contributed by atoms with van der Waals surface area (Å²) >= 11 is 0. The maximum absolute atomic E-state index is 10.5. The highest BCUT2D eigenvalue weighted by molar-refractivity contribution is 5.72. The Labute approximate surface area is 88.1 Å². The van der Waals surface area contributed by atoms with Gasteiger partial charge in [0.25, 0.3) is 0 Å². The van der Waals surface area contributed by atoms with Gasteiger partial charge in [0.1, 0.15) is 5.75 Å². The van der Waals surface area contributed by atoms with Crippen LogP contribution in [0.25, 0.3) is 0 Å². The van der Waals surface area contributed by atoms with Crippen molar-refractivity contribution in [2.45, 2.75) is 19.4 Å². The summed E-state index contributed by atoms with van der Waals surface area (Å²) in [7, 11) is 0. The molecule has 0 radical (unpaired) electrons. The standard InChI is InChI=1S/C11H14O4/c1-2-15-10-6-4-3-5-8(10)7-9(12)11(13)14/h3-6,9,12H,2,7H2,1H3,(H,13,14). The first-order valence-electron chi connectivity index (χ1n) is 4.76. The summed E-state index contributed by atoms with van der Waals surface area (Å²) in [5, 5.41) is 17.8. The van der Waals surface area contributed by atoms with Crippen molar-refractivity contribution < 1.29 is 19.7 Å². The number of aliphatic hydroxyl groups is 1.